The molecule has 0 amide bonds. The second-order valence-corrected chi connectivity index (χ2v) is 6.32. The molecule has 0 atom stereocenters. The number of methoxy groups -OCH3 is 1. The molecule has 0 aliphatic heterocycles. The van der Waals surface area contributed by atoms with E-state index in [-0.39, 0.29) is 25.1 Å². The number of aliphatic hydroxyl groups is 1. The molecule has 0 unspecified atom stereocenters. The summed E-state index contributed by atoms with van der Waals surface area (Å²) in [7, 11) is 1.43. The summed E-state index contributed by atoms with van der Waals surface area (Å²) in [4.78, 5) is 25.8. The van der Waals surface area contributed by atoms with Crippen LogP contribution in [-0.2, 0) is 24.4 Å². The van der Waals surface area contributed by atoms with Crippen LogP contribution in [0.5, 0.6) is 0 Å². The van der Waals surface area contributed by atoms with Crippen LogP contribution in [0.3, 0.4) is 0 Å². The summed E-state index contributed by atoms with van der Waals surface area (Å²) in [5.41, 5.74) is -1.09. The second kappa shape index (κ2) is 7.08. The number of nitrogens with zero attached hydrogens (tertiary/aromatic N) is 2. The van der Waals surface area contributed by atoms with Crippen LogP contribution < -0.4 is 11.2 Å². The van der Waals surface area contributed by atoms with Crippen LogP contribution >= 0.6 is 11.3 Å². The number of rotatable bonds is 6. The van der Waals surface area contributed by atoms with Crippen molar-refractivity contribution < 1.29 is 23.0 Å². The van der Waals surface area contributed by atoms with Crippen molar-refractivity contribution in [1.82, 2.24) is 9.13 Å². The zero-order valence-electron chi connectivity index (χ0n) is 13.1. The molecule has 10 heteroatoms. The van der Waals surface area contributed by atoms with E-state index in [9.17, 15) is 27.9 Å². The molecule has 0 saturated heterocycles. The lowest BCUT2D eigenvalue weighted by molar-refractivity contribution is -0.137. The van der Waals surface area contributed by atoms with Gasteiger partial charge in [-0.25, -0.2) is 4.79 Å². The highest BCUT2D eigenvalue weighted by Gasteiger charge is 2.28. The SMILES string of the molecule is COCCn1c(=O)n(CCC(F)(F)F)c(=O)c2c(C)c(CO)sc21. The van der Waals surface area contributed by atoms with Gasteiger partial charge in [0.2, 0.25) is 0 Å². The van der Waals surface area contributed by atoms with Gasteiger partial charge in [-0.15, -0.1) is 11.3 Å². The van der Waals surface area contributed by atoms with E-state index in [4.69, 9.17) is 4.74 Å². The first-order chi connectivity index (χ1) is 11.2. The average Bonchev–Trinajstić information content (AvgIpc) is 2.83. The number of hydrogen-bond donors (Lipinski definition) is 1. The molecule has 134 valence electrons. The van der Waals surface area contributed by atoms with E-state index in [1.807, 2.05) is 0 Å². The van der Waals surface area contributed by atoms with Crippen molar-refractivity contribution in [3.63, 3.8) is 0 Å². The van der Waals surface area contributed by atoms with Gasteiger partial charge < -0.3 is 9.84 Å². The Labute approximate surface area is 138 Å². The Hall–Kier alpha value is -1.65. The molecule has 24 heavy (non-hydrogen) atoms. The van der Waals surface area contributed by atoms with Crippen LogP contribution in [0.4, 0.5) is 13.2 Å². The van der Waals surface area contributed by atoms with Crippen molar-refractivity contribution in [2.24, 2.45) is 0 Å². The van der Waals surface area contributed by atoms with Crippen molar-refractivity contribution in [3.8, 4) is 0 Å². The summed E-state index contributed by atoms with van der Waals surface area (Å²) in [6, 6.07) is 0. The smallest absolute Gasteiger partial charge is 0.390 e. The van der Waals surface area contributed by atoms with Gasteiger partial charge in [0.25, 0.3) is 5.56 Å². The Morgan fingerprint density at radius 1 is 1.21 bits per heavy atom. The summed E-state index contributed by atoms with van der Waals surface area (Å²) in [6.07, 6.45) is -5.74. The fourth-order valence-electron chi connectivity index (χ4n) is 2.41. The van der Waals surface area contributed by atoms with Crippen molar-refractivity contribution >= 4 is 21.6 Å². The van der Waals surface area contributed by atoms with E-state index >= 15 is 0 Å². The first kappa shape index (κ1) is 18.7. The Bertz CT molecular complexity index is 851. The summed E-state index contributed by atoms with van der Waals surface area (Å²) < 4.78 is 44.2. The lowest BCUT2D eigenvalue weighted by Crippen LogP contribution is -2.41. The van der Waals surface area contributed by atoms with Crippen LogP contribution in [0, 0.1) is 6.92 Å². The summed E-state index contributed by atoms with van der Waals surface area (Å²) in [6.45, 7) is 0.811. The molecule has 1 N–H and O–H groups in total. The molecule has 0 aromatic carbocycles. The Balaban J connectivity index is 2.71. The molecular formula is C14H17F3N2O4S. The van der Waals surface area contributed by atoms with E-state index in [1.165, 1.54) is 11.7 Å². The van der Waals surface area contributed by atoms with Crippen LogP contribution in [0.2, 0.25) is 0 Å². The molecule has 0 aliphatic rings. The predicted molar refractivity (Wildman–Crippen MR) is 83.6 cm³/mol. The highest BCUT2D eigenvalue weighted by molar-refractivity contribution is 7.18. The minimum Gasteiger partial charge on any atom is -0.391 e. The quantitative estimate of drug-likeness (QED) is 0.843. The number of hydrogen-bond acceptors (Lipinski definition) is 5. The van der Waals surface area contributed by atoms with E-state index in [2.05, 4.69) is 0 Å². The Kier molecular flexibility index (Phi) is 5.51. The monoisotopic (exact) mass is 366 g/mol. The van der Waals surface area contributed by atoms with Crippen LogP contribution in [-0.4, -0.2) is 34.1 Å². The van der Waals surface area contributed by atoms with E-state index < -0.39 is 30.4 Å². The van der Waals surface area contributed by atoms with Gasteiger partial charge in [0, 0.05) is 18.5 Å². The largest absolute Gasteiger partial charge is 0.391 e. The van der Waals surface area contributed by atoms with Gasteiger partial charge in [0.15, 0.2) is 0 Å². The molecule has 6 nitrogen and oxygen atoms in total. The number of ether oxygens (including phenoxy) is 1. The van der Waals surface area contributed by atoms with Crippen LogP contribution in [0.25, 0.3) is 10.2 Å². The van der Waals surface area contributed by atoms with Crippen molar-refractivity contribution in [2.75, 3.05) is 13.7 Å². The van der Waals surface area contributed by atoms with E-state index in [0.29, 0.717) is 19.8 Å². The third-order valence-electron chi connectivity index (χ3n) is 3.67. The molecule has 2 heterocycles. The fraction of sp³-hybridized carbons (Fsp3) is 0.571. The lowest BCUT2D eigenvalue weighted by atomic mass is 10.2. The number of aryl methyl sites for hydroxylation is 1. The molecule has 0 radical (unpaired) electrons. The summed E-state index contributed by atoms with van der Waals surface area (Å²) in [5, 5.41) is 9.54. The molecule has 2 aromatic rings. The number of halogens is 3. The molecule has 0 spiro atoms. The molecule has 0 saturated carbocycles. The zero-order valence-corrected chi connectivity index (χ0v) is 14.0. The maximum atomic E-state index is 12.5. The normalized spacial score (nSPS) is 12.2. The first-order valence-electron chi connectivity index (χ1n) is 7.13. The number of thiophene rings is 1. The topological polar surface area (TPSA) is 73.5 Å². The van der Waals surface area contributed by atoms with Gasteiger partial charge in [-0.2, -0.15) is 13.2 Å². The lowest BCUT2D eigenvalue weighted by Gasteiger charge is -2.13. The van der Waals surface area contributed by atoms with Gasteiger partial charge >= 0.3 is 11.9 Å². The molecule has 0 fully saturated rings. The zero-order chi connectivity index (χ0) is 18.1. The van der Waals surface area contributed by atoms with Gasteiger partial charge in [-0.1, -0.05) is 0 Å². The highest BCUT2D eigenvalue weighted by Crippen LogP contribution is 2.28. The standard InChI is InChI=1S/C14H17F3N2O4S/c1-8-9(7-20)24-12-10(8)11(21)18(4-3-14(15,16)17)13(22)19(12)5-6-23-2/h20H,3-7H2,1-2H3. The van der Waals surface area contributed by atoms with Crippen molar-refractivity contribution in [1.29, 1.82) is 0 Å². The average molecular weight is 366 g/mol. The summed E-state index contributed by atoms with van der Waals surface area (Å²) >= 11 is 1.08. The maximum Gasteiger partial charge on any atom is 0.390 e. The minimum atomic E-state index is -4.47. The predicted octanol–water partition coefficient (Wildman–Crippen LogP) is 1.62. The fourth-order valence-corrected chi connectivity index (χ4v) is 3.58. The second-order valence-electron chi connectivity index (χ2n) is 5.24. The number of fused-ring (bicyclic) bond motifs is 1. The third-order valence-corrected chi connectivity index (χ3v) is 4.97. The van der Waals surface area contributed by atoms with Gasteiger partial charge in [0.1, 0.15) is 4.83 Å². The summed E-state index contributed by atoms with van der Waals surface area (Å²) in [5.74, 6) is 0. The van der Waals surface area contributed by atoms with Crippen molar-refractivity contribution in [3.05, 3.63) is 31.3 Å². The molecule has 2 rings (SSSR count). The Morgan fingerprint density at radius 3 is 2.42 bits per heavy atom. The molecular weight excluding hydrogens is 349 g/mol. The number of aromatic nitrogens is 2. The van der Waals surface area contributed by atoms with E-state index in [1.54, 1.807) is 6.92 Å². The van der Waals surface area contributed by atoms with Gasteiger partial charge in [-0.05, 0) is 12.5 Å². The number of aliphatic hydroxyl groups excluding tert-OH is 1. The molecule has 2 aromatic heterocycles. The first-order valence-corrected chi connectivity index (χ1v) is 7.95. The maximum absolute atomic E-state index is 12.5. The Morgan fingerprint density at radius 2 is 1.88 bits per heavy atom. The van der Waals surface area contributed by atoms with Crippen LogP contribution in [0.15, 0.2) is 9.59 Å². The highest BCUT2D eigenvalue weighted by atomic mass is 32.1. The minimum absolute atomic E-state index is 0.100. The van der Waals surface area contributed by atoms with Crippen molar-refractivity contribution in [2.45, 2.75) is 39.2 Å². The van der Waals surface area contributed by atoms with Crippen LogP contribution in [0.1, 0.15) is 16.9 Å². The van der Waals surface area contributed by atoms with E-state index in [0.717, 1.165) is 11.3 Å². The number of alkyl halides is 3. The molecule has 0 aliphatic carbocycles. The van der Waals surface area contributed by atoms with Gasteiger partial charge in [0.05, 0.1) is 31.6 Å². The van der Waals surface area contributed by atoms with Gasteiger partial charge in [-0.3, -0.25) is 13.9 Å². The molecule has 0 bridgehead atoms. The third kappa shape index (κ3) is 3.55.